The molecule has 4 heteroatoms. The predicted molar refractivity (Wildman–Crippen MR) is 85.4 cm³/mol. The summed E-state index contributed by atoms with van der Waals surface area (Å²) in [6, 6.07) is 14.1. The van der Waals surface area contributed by atoms with Gasteiger partial charge in [0.2, 0.25) is 0 Å². The number of nitrogens with two attached hydrogens (primary N) is 1. The molecule has 0 saturated carbocycles. The van der Waals surface area contributed by atoms with Gasteiger partial charge >= 0.3 is 0 Å². The Balaban J connectivity index is 2.18. The van der Waals surface area contributed by atoms with E-state index in [4.69, 9.17) is 5.73 Å². The molecule has 0 spiro atoms. The molecule has 1 aromatic heterocycles. The average molecular weight is 281 g/mol. The molecule has 0 saturated heterocycles. The number of nitrogens with zero attached hydrogens (tertiary/aromatic N) is 2. The Bertz CT molecular complexity index is 797. The van der Waals surface area contributed by atoms with E-state index >= 15 is 0 Å². The van der Waals surface area contributed by atoms with Gasteiger partial charge in [-0.3, -0.25) is 4.98 Å². The highest BCUT2D eigenvalue weighted by atomic mass is 19.1. The van der Waals surface area contributed by atoms with Gasteiger partial charge in [-0.25, -0.2) is 4.39 Å². The molecule has 3 aromatic rings. The molecule has 0 aliphatic heterocycles. The number of aromatic nitrogens is 1. The van der Waals surface area contributed by atoms with E-state index in [2.05, 4.69) is 4.98 Å². The maximum absolute atomic E-state index is 13.1. The fourth-order valence-electron chi connectivity index (χ4n) is 2.44. The number of nitrogen functional groups attached to an aromatic ring is 1. The second-order valence-corrected chi connectivity index (χ2v) is 5.09. The van der Waals surface area contributed by atoms with E-state index in [1.165, 1.54) is 12.1 Å². The lowest BCUT2D eigenvalue weighted by atomic mass is 10.1. The molecular weight excluding hydrogens is 265 g/mol. The predicted octanol–water partition coefficient (Wildman–Crippen LogP) is 4.03. The van der Waals surface area contributed by atoms with Crippen LogP contribution in [0.25, 0.3) is 10.9 Å². The third-order valence-electron chi connectivity index (χ3n) is 3.51. The van der Waals surface area contributed by atoms with Gasteiger partial charge in [-0.1, -0.05) is 0 Å². The Hall–Kier alpha value is -2.62. The number of anilines is 3. The second-order valence-electron chi connectivity index (χ2n) is 5.09. The summed E-state index contributed by atoms with van der Waals surface area (Å²) in [6.45, 7) is 1.96. The van der Waals surface area contributed by atoms with Gasteiger partial charge in [0.1, 0.15) is 5.82 Å². The maximum Gasteiger partial charge on any atom is 0.123 e. The molecule has 2 aromatic carbocycles. The van der Waals surface area contributed by atoms with Crippen molar-refractivity contribution in [3.05, 3.63) is 60.0 Å². The summed E-state index contributed by atoms with van der Waals surface area (Å²) in [5.41, 5.74) is 10.3. The van der Waals surface area contributed by atoms with E-state index in [1.807, 2.05) is 43.1 Å². The Morgan fingerprint density at radius 1 is 1.05 bits per heavy atom. The molecule has 0 radical (unpaired) electrons. The van der Waals surface area contributed by atoms with Gasteiger partial charge < -0.3 is 10.6 Å². The third kappa shape index (κ3) is 2.52. The van der Waals surface area contributed by atoms with Crippen LogP contribution < -0.4 is 10.6 Å². The van der Waals surface area contributed by atoms with Crippen molar-refractivity contribution in [3.63, 3.8) is 0 Å². The smallest absolute Gasteiger partial charge is 0.123 e. The maximum atomic E-state index is 13.1. The lowest BCUT2D eigenvalue weighted by molar-refractivity contribution is 0.628. The average Bonchev–Trinajstić information content (AvgIpc) is 2.47. The van der Waals surface area contributed by atoms with Gasteiger partial charge in [0, 0.05) is 29.5 Å². The molecule has 3 nitrogen and oxygen atoms in total. The number of hydrogen-bond donors (Lipinski definition) is 1. The fraction of sp³-hybridized carbons (Fsp3) is 0.118. The van der Waals surface area contributed by atoms with Crippen LogP contribution in [0.15, 0.2) is 48.5 Å². The van der Waals surface area contributed by atoms with Crippen LogP contribution in [0.4, 0.5) is 21.5 Å². The molecular formula is C17H16FN3. The Morgan fingerprint density at radius 2 is 1.76 bits per heavy atom. The van der Waals surface area contributed by atoms with Gasteiger partial charge in [0.15, 0.2) is 0 Å². The summed E-state index contributed by atoms with van der Waals surface area (Å²) in [5.74, 6) is -0.243. The molecule has 3 rings (SSSR count). The highest BCUT2D eigenvalue weighted by molar-refractivity contribution is 5.95. The number of pyridine rings is 1. The SMILES string of the molecule is Cc1cc(N(C)c2ccc(F)cc2)c2cc(N)ccc2n1. The first-order chi connectivity index (χ1) is 10.0. The van der Waals surface area contributed by atoms with Crippen LogP contribution >= 0.6 is 0 Å². The van der Waals surface area contributed by atoms with Crippen LogP contribution in [0, 0.1) is 12.7 Å². The van der Waals surface area contributed by atoms with Crippen LogP contribution in [-0.4, -0.2) is 12.0 Å². The van der Waals surface area contributed by atoms with Crippen LogP contribution in [-0.2, 0) is 0 Å². The minimum atomic E-state index is -0.243. The minimum absolute atomic E-state index is 0.243. The summed E-state index contributed by atoms with van der Waals surface area (Å²) in [4.78, 5) is 6.54. The third-order valence-corrected chi connectivity index (χ3v) is 3.51. The van der Waals surface area contributed by atoms with Crippen molar-refractivity contribution in [3.8, 4) is 0 Å². The quantitative estimate of drug-likeness (QED) is 0.721. The van der Waals surface area contributed by atoms with Gasteiger partial charge in [-0.05, 0) is 55.5 Å². The monoisotopic (exact) mass is 281 g/mol. The Kier molecular flexibility index (Phi) is 3.22. The van der Waals surface area contributed by atoms with Crippen LogP contribution in [0.2, 0.25) is 0 Å². The number of benzene rings is 2. The molecule has 2 N–H and O–H groups in total. The number of fused-ring (bicyclic) bond motifs is 1. The van der Waals surface area contributed by atoms with E-state index in [-0.39, 0.29) is 5.82 Å². The number of rotatable bonds is 2. The summed E-state index contributed by atoms with van der Waals surface area (Å²) >= 11 is 0. The van der Waals surface area contributed by atoms with Crippen molar-refractivity contribution in [2.24, 2.45) is 0 Å². The van der Waals surface area contributed by atoms with Crippen molar-refractivity contribution >= 4 is 28.0 Å². The van der Waals surface area contributed by atoms with Gasteiger partial charge in [0.05, 0.1) is 11.2 Å². The van der Waals surface area contributed by atoms with Crippen molar-refractivity contribution < 1.29 is 4.39 Å². The largest absolute Gasteiger partial charge is 0.399 e. The zero-order valence-corrected chi connectivity index (χ0v) is 12.0. The highest BCUT2D eigenvalue weighted by Gasteiger charge is 2.10. The summed E-state index contributed by atoms with van der Waals surface area (Å²) in [5, 5.41) is 0.979. The molecule has 0 bridgehead atoms. The van der Waals surface area contributed by atoms with Gasteiger partial charge in [0.25, 0.3) is 0 Å². The summed E-state index contributed by atoms with van der Waals surface area (Å²) < 4.78 is 13.1. The number of hydrogen-bond acceptors (Lipinski definition) is 3. The van der Waals surface area contributed by atoms with Crippen molar-refractivity contribution in [1.29, 1.82) is 0 Å². The summed E-state index contributed by atoms with van der Waals surface area (Å²) in [7, 11) is 1.95. The van der Waals surface area contributed by atoms with Crippen molar-refractivity contribution in [2.75, 3.05) is 17.7 Å². The fourth-order valence-corrected chi connectivity index (χ4v) is 2.44. The normalized spacial score (nSPS) is 10.8. The molecule has 0 atom stereocenters. The summed E-state index contributed by atoms with van der Waals surface area (Å²) in [6.07, 6.45) is 0. The van der Waals surface area contributed by atoms with Crippen LogP contribution in [0.3, 0.4) is 0 Å². The van der Waals surface area contributed by atoms with Crippen LogP contribution in [0.5, 0.6) is 0 Å². The molecule has 106 valence electrons. The molecule has 21 heavy (non-hydrogen) atoms. The van der Waals surface area contributed by atoms with Gasteiger partial charge in [-0.2, -0.15) is 0 Å². The van der Waals surface area contributed by atoms with Crippen molar-refractivity contribution in [2.45, 2.75) is 6.92 Å². The number of aryl methyl sites for hydroxylation is 1. The first kappa shape index (κ1) is 13.4. The first-order valence-corrected chi connectivity index (χ1v) is 6.71. The number of halogens is 1. The first-order valence-electron chi connectivity index (χ1n) is 6.71. The standard InChI is InChI=1S/C17H16FN3/c1-11-9-17(15-10-13(19)5-8-16(15)20-11)21(2)14-6-3-12(18)4-7-14/h3-10H,19H2,1-2H3. The molecule has 0 aliphatic carbocycles. The molecule has 0 aliphatic rings. The highest BCUT2D eigenvalue weighted by Crippen LogP contribution is 2.32. The molecule has 0 fully saturated rings. The van der Waals surface area contributed by atoms with Gasteiger partial charge in [-0.15, -0.1) is 0 Å². The topological polar surface area (TPSA) is 42.1 Å². The van der Waals surface area contributed by atoms with E-state index < -0.39 is 0 Å². The van der Waals surface area contributed by atoms with Crippen LogP contribution in [0.1, 0.15) is 5.69 Å². The Labute approximate surface area is 122 Å². The molecule has 1 heterocycles. The molecule has 0 amide bonds. The lowest BCUT2D eigenvalue weighted by Gasteiger charge is -2.22. The van der Waals surface area contributed by atoms with Crippen molar-refractivity contribution in [1.82, 2.24) is 4.98 Å². The van der Waals surface area contributed by atoms with E-state index in [9.17, 15) is 4.39 Å². The second kappa shape index (κ2) is 5.05. The lowest BCUT2D eigenvalue weighted by Crippen LogP contribution is -2.10. The van der Waals surface area contributed by atoms with E-state index in [1.54, 1.807) is 12.1 Å². The molecule has 0 unspecified atom stereocenters. The van der Waals surface area contributed by atoms with E-state index in [0.29, 0.717) is 5.69 Å². The minimum Gasteiger partial charge on any atom is -0.399 e. The zero-order valence-electron chi connectivity index (χ0n) is 12.0. The Morgan fingerprint density at radius 3 is 2.48 bits per heavy atom. The zero-order chi connectivity index (χ0) is 15.0. The van der Waals surface area contributed by atoms with E-state index in [0.717, 1.165) is 28.0 Å².